The molecule has 0 aliphatic rings. The van der Waals surface area contributed by atoms with Gasteiger partial charge in [-0.2, -0.15) is 5.26 Å². The Hall–Kier alpha value is -4.04. The molecule has 0 amide bonds. The number of rotatable bonds is 8. The van der Waals surface area contributed by atoms with Crippen molar-refractivity contribution in [1.82, 2.24) is 9.38 Å². The minimum Gasteiger partial charge on any atom is -0.512 e. The molecule has 1 N–H and O–H groups in total. The second-order valence-corrected chi connectivity index (χ2v) is 16.8. The van der Waals surface area contributed by atoms with Crippen molar-refractivity contribution in [2.45, 2.75) is 82.6 Å². The van der Waals surface area contributed by atoms with Crippen LogP contribution in [0.15, 0.2) is 78.7 Å². The Kier molecular flexibility index (Phi) is 12.8. The van der Waals surface area contributed by atoms with Gasteiger partial charge in [-0.1, -0.05) is 123 Å². The zero-order valence-corrected chi connectivity index (χ0v) is 35.0. The van der Waals surface area contributed by atoms with E-state index in [-0.39, 0.29) is 48.9 Å². The van der Waals surface area contributed by atoms with E-state index in [4.69, 9.17) is 4.98 Å². The first-order valence-corrected chi connectivity index (χ1v) is 18.5. The predicted octanol–water partition coefficient (Wildman–Crippen LogP) is 12.1. The molecule has 1 radical (unpaired) electrons. The Balaban J connectivity index is 0.000000263. The van der Waals surface area contributed by atoms with E-state index in [0.717, 1.165) is 44.5 Å². The maximum atomic E-state index is 12.3. The fourth-order valence-corrected chi connectivity index (χ4v) is 8.13. The zero-order chi connectivity index (χ0) is 37.4. The normalized spacial score (nSPS) is 12.6. The third-order valence-corrected chi connectivity index (χ3v) is 10.0. The molecule has 0 fully saturated rings. The van der Waals surface area contributed by atoms with Crippen LogP contribution in [-0.2, 0) is 31.3 Å². The maximum absolute atomic E-state index is 12.3. The van der Waals surface area contributed by atoms with Crippen molar-refractivity contribution in [2.75, 3.05) is 0 Å². The van der Waals surface area contributed by atoms with E-state index in [1.54, 1.807) is 6.20 Å². The fourth-order valence-electron chi connectivity index (χ4n) is 8.13. The van der Waals surface area contributed by atoms with E-state index >= 15 is 0 Å². The van der Waals surface area contributed by atoms with Crippen LogP contribution >= 0.6 is 0 Å². The van der Waals surface area contributed by atoms with Crippen molar-refractivity contribution in [1.29, 1.82) is 5.26 Å². The second kappa shape index (κ2) is 16.3. The molecule has 275 valence electrons. The van der Waals surface area contributed by atoms with Crippen LogP contribution in [0.4, 0.5) is 0 Å². The number of benzene rings is 3. The maximum Gasteiger partial charge on any atom is 0.162 e. The number of aliphatic hydroxyl groups excluding tert-OH is 1. The number of allylic oxidation sites excluding steroid dienone is 2. The van der Waals surface area contributed by atoms with Crippen LogP contribution in [0.25, 0.3) is 49.0 Å². The van der Waals surface area contributed by atoms with Gasteiger partial charge in [0.25, 0.3) is 0 Å². The summed E-state index contributed by atoms with van der Waals surface area (Å²) in [6.45, 7) is 23.4. The van der Waals surface area contributed by atoms with Gasteiger partial charge in [0.1, 0.15) is 6.07 Å². The van der Waals surface area contributed by atoms with E-state index in [2.05, 4.69) is 141 Å². The van der Waals surface area contributed by atoms with Crippen LogP contribution in [0, 0.1) is 58.3 Å². The zero-order valence-electron chi connectivity index (χ0n) is 32.6. The number of ketones is 1. The number of carbonyl (C=O) groups excluding carboxylic acids is 1. The van der Waals surface area contributed by atoms with E-state index in [1.807, 2.05) is 12.1 Å². The monoisotopic (exact) mass is 873 g/mol. The molecule has 6 aromatic rings. The average molecular weight is 873 g/mol. The summed E-state index contributed by atoms with van der Waals surface area (Å²) in [5.41, 5.74) is 6.33. The van der Waals surface area contributed by atoms with Crippen molar-refractivity contribution in [3.05, 3.63) is 95.9 Å². The number of fused-ring (bicyclic) bond motifs is 9. The molecule has 0 saturated heterocycles. The van der Waals surface area contributed by atoms with E-state index in [0.29, 0.717) is 29.2 Å². The molecule has 0 unspecified atom stereocenters. The third-order valence-electron chi connectivity index (χ3n) is 10.0. The Labute approximate surface area is 323 Å². The summed E-state index contributed by atoms with van der Waals surface area (Å²) in [5, 5.41) is 25.2. The van der Waals surface area contributed by atoms with Gasteiger partial charge in [0, 0.05) is 66.2 Å². The van der Waals surface area contributed by atoms with Crippen LogP contribution < -0.4 is 0 Å². The summed E-state index contributed by atoms with van der Waals surface area (Å²) >= 11 is 0. The molecule has 6 heteroatoms. The van der Waals surface area contributed by atoms with Crippen molar-refractivity contribution in [3.63, 3.8) is 0 Å². The van der Waals surface area contributed by atoms with Crippen molar-refractivity contribution >= 4 is 54.8 Å². The first-order valence-electron chi connectivity index (χ1n) is 18.5. The molecule has 3 heterocycles. The summed E-state index contributed by atoms with van der Waals surface area (Å²) in [4.78, 5) is 17.1. The van der Waals surface area contributed by atoms with Gasteiger partial charge in [-0.25, -0.2) is 0 Å². The Morgan fingerprint density at radius 2 is 1.48 bits per heavy atom. The predicted molar refractivity (Wildman–Crippen MR) is 214 cm³/mol. The van der Waals surface area contributed by atoms with Gasteiger partial charge in [0.15, 0.2) is 5.78 Å². The molecule has 52 heavy (non-hydrogen) atoms. The average Bonchev–Trinajstić information content (AvgIpc) is 3.44. The van der Waals surface area contributed by atoms with Crippen LogP contribution in [0.5, 0.6) is 0 Å². The molecular weight excluding hydrogens is 819 g/mol. The molecule has 0 aliphatic heterocycles. The van der Waals surface area contributed by atoms with Gasteiger partial charge >= 0.3 is 0 Å². The van der Waals surface area contributed by atoms with E-state index in [9.17, 15) is 15.2 Å². The summed E-state index contributed by atoms with van der Waals surface area (Å²) in [7, 11) is 0. The smallest absolute Gasteiger partial charge is 0.162 e. The van der Waals surface area contributed by atoms with Gasteiger partial charge < -0.3 is 9.51 Å². The van der Waals surface area contributed by atoms with Crippen LogP contribution in [-0.4, -0.2) is 20.3 Å². The first kappa shape index (κ1) is 40.7. The molecular formula is C46H54IrN3O2-. The van der Waals surface area contributed by atoms with Crippen molar-refractivity contribution in [2.24, 2.45) is 40.9 Å². The van der Waals surface area contributed by atoms with Crippen molar-refractivity contribution in [3.8, 4) is 6.07 Å². The topological polar surface area (TPSA) is 78.4 Å². The number of aliphatic hydroxyl groups is 1. The SMILES string of the molecule is CC(C)(C)Cc1cccc2c1cc1c3cc(C#N)cnc3c3[c-]c4ccccc4cc3n21.CC(C)C(C(=O)/C=C(\O)C(C(C)C)C(C)C)C(C)C.[Ir]. The van der Waals surface area contributed by atoms with E-state index in [1.165, 1.54) is 22.5 Å². The molecule has 0 bridgehead atoms. The summed E-state index contributed by atoms with van der Waals surface area (Å²) in [6.07, 6.45) is 4.14. The number of hydrogen-bond acceptors (Lipinski definition) is 4. The molecule has 0 saturated carbocycles. The molecule has 0 spiro atoms. The summed E-state index contributed by atoms with van der Waals surface area (Å²) in [5.74, 6) is 1.63. The Morgan fingerprint density at radius 3 is 2.08 bits per heavy atom. The number of aromatic nitrogens is 2. The molecule has 0 aliphatic carbocycles. The number of carbonyl (C=O) groups is 1. The summed E-state index contributed by atoms with van der Waals surface area (Å²) in [6, 6.07) is 27.2. The van der Waals surface area contributed by atoms with Gasteiger partial charge in [-0.3, -0.25) is 9.78 Å². The third kappa shape index (κ3) is 8.43. The van der Waals surface area contributed by atoms with Crippen LogP contribution in [0.1, 0.15) is 87.3 Å². The second-order valence-electron chi connectivity index (χ2n) is 16.8. The quantitative estimate of drug-likeness (QED) is 0.0543. The van der Waals surface area contributed by atoms with Crippen LogP contribution in [0.3, 0.4) is 0 Å². The number of nitriles is 1. The fraction of sp³-hybridized carbons (Fsp3) is 0.413. The standard InChI is InChI=1S/C29H22N3.C17H32O2.Ir/c1-29(2,3)15-21-9-6-10-25-22(21)14-27-23-11-18(16-30)17-31-28(23)24-12-19-7-4-5-8-20(19)13-26(24)32(25)27;1-10(2)16(11(3)4)14(18)9-15(19)17(12(5)6)13(7)8;/h4-11,13-14,17H,15H2,1-3H3;9-13,16-18H,1-8H3;/q-1;;/b;14-9-;. The minimum atomic E-state index is -0.0119. The Morgan fingerprint density at radius 1 is 0.846 bits per heavy atom. The van der Waals surface area contributed by atoms with Crippen LogP contribution in [0.2, 0.25) is 0 Å². The molecule has 3 aromatic heterocycles. The minimum absolute atomic E-state index is 0. The van der Waals surface area contributed by atoms with Gasteiger partial charge in [0.05, 0.1) is 11.3 Å². The largest absolute Gasteiger partial charge is 0.512 e. The molecule has 3 aromatic carbocycles. The van der Waals surface area contributed by atoms with E-state index < -0.39 is 0 Å². The molecule has 0 atom stereocenters. The molecule has 6 rings (SSSR count). The Bertz CT molecular complexity index is 2280. The first-order chi connectivity index (χ1) is 24.0. The molecule has 5 nitrogen and oxygen atoms in total. The summed E-state index contributed by atoms with van der Waals surface area (Å²) < 4.78 is 2.32. The van der Waals surface area contributed by atoms with Gasteiger partial charge in [-0.05, 0) is 70.2 Å². The number of pyridine rings is 2. The number of nitrogens with zero attached hydrogens (tertiary/aromatic N) is 3. The van der Waals surface area contributed by atoms with Gasteiger partial charge in [0.2, 0.25) is 0 Å². The van der Waals surface area contributed by atoms with Crippen molar-refractivity contribution < 1.29 is 30.0 Å². The number of hydrogen-bond donors (Lipinski definition) is 1. The van der Waals surface area contributed by atoms with Gasteiger partial charge in [-0.15, -0.1) is 17.5 Å².